The Labute approximate surface area is 122 Å². The first-order valence-electron chi connectivity index (χ1n) is 6.59. The van der Waals surface area contributed by atoms with E-state index in [2.05, 4.69) is 10.1 Å². The van der Waals surface area contributed by atoms with Gasteiger partial charge in [0.15, 0.2) is 0 Å². The van der Waals surface area contributed by atoms with Gasteiger partial charge in [-0.05, 0) is 0 Å². The molecular formula is C11H17N5O4S. The van der Waals surface area contributed by atoms with Gasteiger partial charge in [-0.25, -0.2) is 13.4 Å². The molecule has 0 saturated carbocycles. The lowest BCUT2D eigenvalue weighted by Crippen LogP contribution is -2.52. The summed E-state index contributed by atoms with van der Waals surface area (Å²) < 4.78 is 32.1. The van der Waals surface area contributed by atoms with E-state index in [4.69, 9.17) is 4.74 Å². The van der Waals surface area contributed by atoms with Gasteiger partial charge in [0.1, 0.15) is 6.33 Å². The van der Waals surface area contributed by atoms with E-state index in [1.807, 2.05) is 0 Å². The first-order valence-corrected chi connectivity index (χ1v) is 8.44. The van der Waals surface area contributed by atoms with E-state index in [1.165, 1.54) is 21.6 Å². The second kappa shape index (κ2) is 5.04. The van der Waals surface area contributed by atoms with Crippen molar-refractivity contribution in [3.63, 3.8) is 0 Å². The normalized spacial score (nSPS) is 26.9. The van der Waals surface area contributed by atoms with Crippen LogP contribution in [0.1, 0.15) is 10.6 Å². The van der Waals surface area contributed by atoms with Gasteiger partial charge in [0.2, 0.25) is 15.8 Å². The Bertz CT molecular complexity index is 657. The summed E-state index contributed by atoms with van der Waals surface area (Å²) in [4.78, 5) is 17.8. The molecule has 2 saturated heterocycles. The van der Waals surface area contributed by atoms with Gasteiger partial charge in [-0.1, -0.05) is 0 Å². The van der Waals surface area contributed by atoms with E-state index in [1.54, 1.807) is 11.9 Å². The number of hydrogen-bond donors (Lipinski definition) is 0. The van der Waals surface area contributed by atoms with Crippen molar-refractivity contribution >= 4 is 15.9 Å². The summed E-state index contributed by atoms with van der Waals surface area (Å²) in [7, 11) is -1.63. The number of fused-ring (bicyclic) bond motifs is 1. The third-order valence-electron chi connectivity index (χ3n) is 3.75. The first kappa shape index (κ1) is 14.4. The Morgan fingerprint density at radius 2 is 2.19 bits per heavy atom. The number of ether oxygens (including phenoxy) is 1. The maximum Gasteiger partial charge on any atom is 0.293 e. The molecule has 2 aliphatic rings. The Hall–Kier alpha value is -1.52. The summed E-state index contributed by atoms with van der Waals surface area (Å²) in [5, 5.41) is 3.98. The van der Waals surface area contributed by atoms with Gasteiger partial charge in [0.05, 0.1) is 25.0 Å². The molecule has 2 aliphatic heterocycles. The molecule has 0 bridgehead atoms. The Morgan fingerprint density at radius 3 is 2.81 bits per heavy atom. The average molecular weight is 315 g/mol. The summed E-state index contributed by atoms with van der Waals surface area (Å²) >= 11 is 0. The van der Waals surface area contributed by atoms with Crippen molar-refractivity contribution in [1.29, 1.82) is 0 Å². The highest BCUT2D eigenvalue weighted by atomic mass is 32.2. The molecule has 0 aliphatic carbocycles. The third-order valence-corrected chi connectivity index (χ3v) is 5.06. The van der Waals surface area contributed by atoms with Crippen LogP contribution in [0.5, 0.6) is 0 Å². The lowest BCUT2D eigenvalue weighted by atomic mass is 10.2. The molecule has 0 unspecified atom stereocenters. The van der Waals surface area contributed by atoms with E-state index < -0.39 is 10.0 Å². The largest absolute Gasteiger partial charge is 0.373 e. The second-order valence-corrected chi connectivity index (χ2v) is 7.24. The van der Waals surface area contributed by atoms with Gasteiger partial charge in [0.25, 0.3) is 5.91 Å². The molecule has 9 nitrogen and oxygen atoms in total. The van der Waals surface area contributed by atoms with Crippen molar-refractivity contribution < 1.29 is 17.9 Å². The van der Waals surface area contributed by atoms with Crippen molar-refractivity contribution in [3.05, 3.63) is 12.2 Å². The number of hydrogen-bond acceptors (Lipinski definition) is 6. The maximum absolute atomic E-state index is 12.3. The molecule has 2 atom stereocenters. The summed E-state index contributed by atoms with van der Waals surface area (Å²) in [5.41, 5.74) is 0. The molecule has 3 rings (SSSR count). The molecular weight excluding hydrogens is 298 g/mol. The van der Waals surface area contributed by atoms with E-state index in [0.29, 0.717) is 26.2 Å². The minimum Gasteiger partial charge on any atom is -0.373 e. The van der Waals surface area contributed by atoms with Crippen LogP contribution in [0.3, 0.4) is 0 Å². The molecule has 0 spiro atoms. The highest BCUT2D eigenvalue weighted by Crippen LogP contribution is 2.25. The SMILES string of the molecule is Cn1cnc(C(=O)N2C[C@@H]3OCCN(S(C)(=O)=O)[C@@H]3C2)n1. The number of nitrogens with zero attached hydrogens (tertiary/aromatic N) is 5. The smallest absolute Gasteiger partial charge is 0.293 e. The molecule has 0 radical (unpaired) electrons. The number of morpholine rings is 1. The molecule has 1 aromatic rings. The predicted molar refractivity (Wildman–Crippen MR) is 72.0 cm³/mol. The topological polar surface area (TPSA) is 97.6 Å². The minimum atomic E-state index is -3.31. The summed E-state index contributed by atoms with van der Waals surface area (Å²) in [6.45, 7) is 1.32. The van der Waals surface area contributed by atoms with Gasteiger partial charge in [-0.15, -0.1) is 5.10 Å². The van der Waals surface area contributed by atoms with Crippen LogP contribution < -0.4 is 0 Å². The first-order chi connectivity index (χ1) is 9.86. The van der Waals surface area contributed by atoms with E-state index >= 15 is 0 Å². The van der Waals surface area contributed by atoms with E-state index in [-0.39, 0.29) is 23.9 Å². The quantitative estimate of drug-likeness (QED) is 0.645. The lowest BCUT2D eigenvalue weighted by molar-refractivity contribution is -0.0157. The number of likely N-dealkylation sites (tertiary alicyclic amines) is 1. The van der Waals surface area contributed by atoms with Crippen LogP contribution in [0.25, 0.3) is 0 Å². The zero-order valence-corrected chi connectivity index (χ0v) is 12.7. The van der Waals surface area contributed by atoms with Crippen molar-refractivity contribution in [3.8, 4) is 0 Å². The van der Waals surface area contributed by atoms with Crippen molar-refractivity contribution in [1.82, 2.24) is 24.0 Å². The number of carbonyl (C=O) groups is 1. The zero-order chi connectivity index (χ0) is 15.2. The fraction of sp³-hybridized carbons (Fsp3) is 0.727. The van der Waals surface area contributed by atoms with Crippen LogP contribution in [-0.2, 0) is 21.8 Å². The summed E-state index contributed by atoms with van der Waals surface area (Å²) in [6, 6.07) is -0.332. The molecule has 0 N–H and O–H groups in total. The lowest BCUT2D eigenvalue weighted by Gasteiger charge is -2.34. The van der Waals surface area contributed by atoms with Crippen LogP contribution in [0.4, 0.5) is 0 Å². The van der Waals surface area contributed by atoms with Gasteiger partial charge < -0.3 is 9.64 Å². The van der Waals surface area contributed by atoms with Crippen molar-refractivity contribution in [2.45, 2.75) is 12.1 Å². The monoisotopic (exact) mass is 315 g/mol. The number of carbonyl (C=O) groups excluding carboxylic acids is 1. The maximum atomic E-state index is 12.3. The number of aryl methyl sites for hydroxylation is 1. The molecule has 1 aromatic heterocycles. The Kier molecular flexibility index (Phi) is 3.46. The average Bonchev–Trinajstić information content (AvgIpc) is 3.01. The summed E-state index contributed by atoms with van der Waals surface area (Å²) in [5.74, 6) is -0.191. The Balaban J connectivity index is 1.79. The van der Waals surface area contributed by atoms with Gasteiger partial charge in [-0.3, -0.25) is 9.48 Å². The van der Waals surface area contributed by atoms with Crippen LogP contribution in [0, 0.1) is 0 Å². The molecule has 1 amide bonds. The zero-order valence-electron chi connectivity index (χ0n) is 11.8. The van der Waals surface area contributed by atoms with Crippen molar-refractivity contribution in [2.75, 3.05) is 32.5 Å². The molecule has 10 heteroatoms. The molecule has 3 heterocycles. The highest BCUT2D eigenvalue weighted by molar-refractivity contribution is 7.88. The predicted octanol–water partition coefficient (Wildman–Crippen LogP) is -1.70. The van der Waals surface area contributed by atoms with E-state index in [9.17, 15) is 13.2 Å². The number of rotatable bonds is 2. The highest BCUT2D eigenvalue weighted by Gasteiger charge is 2.45. The number of amides is 1. The molecule has 116 valence electrons. The van der Waals surface area contributed by atoms with E-state index in [0.717, 1.165) is 0 Å². The van der Waals surface area contributed by atoms with Gasteiger partial charge >= 0.3 is 0 Å². The van der Waals surface area contributed by atoms with Crippen LogP contribution in [0.2, 0.25) is 0 Å². The van der Waals surface area contributed by atoms with Gasteiger partial charge in [0, 0.05) is 26.7 Å². The number of sulfonamides is 1. The van der Waals surface area contributed by atoms with Crippen LogP contribution in [0.15, 0.2) is 6.33 Å². The fourth-order valence-electron chi connectivity index (χ4n) is 2.81. The van der Waals surface area contributed by atoms with Crippen LogP contribution >= 0.6 is 0 Å². The summed E-state index contributed by atoms with van der Waals surface area (Å²) in [6.07, 6.45) is 2.34. The van der Waals surface area contributed by atoms with Crippen LogP contribution in [-0.4, -0.2) is 82.9 Å². The molecule has 21 heavy (non-hydrogen) atoms. The number of aromatic nitrogens is 3. The molecule has 2 fully saturated rings. The standard InChI is InChI=1S/C11H17N5O4S/c1-14-7-12-10(13-14)11(17)15-5-8-9(6-15)20-4-3-16(8)21(2,18)19/h7-9H,3-6H2,1-2H3/t8-,9+/m1/s1. The minimum absolute atomic E-state index is 0.113. The fourth-order valence-corrected chi connectivity index (χ4v) is 3.91. The van der Waals surface area contributed by atoms with Crippen molar-refractivity contribution in [2.24, 2.45) is 7.05 Å². The Morgan fingerprint density at radius 1 is 1.43 bits per heavy atom. The van der Waals surface area contributed by atoms with Gasteiger partial charge in [-0.2, -0.15) is 4.31 Å². The third kappa shape index (κ3) is 2.65. The second-order valence-electron chi connectivity index (χ2n) is 5.30. The molecule has 0 aromatic carbocycles.